The van der Waals surface area contributed by atoms with Crippen LogP contribution in [0.2, 0.25) is 0 Å². The van der Waals surface area contributed by atoms with E-state index < -0.39 is 0 Å². The quantitative estimate of drug-likeness (QED) is 0.221. The lowest BCUT2D eigenvalue weighted by Crippen LogP contribution is -2.26. The van der Waals surface area contributed by atoms with Gasteiger partial charge in [-0.3, -0.25) is 4.57 Å². The molecular weight excluding hydrogens is 514 g/mol. The topological polar surface area (TPSA) is 38.9 Å². The third-order valence-corrected chi connectivity index (χ3v) is 8.73. The highest BCUT2D eigenvalue weighted by molar-refractivity contribution is 6.12. The van der Waals surface area contributed by atoms with Crippen LogP contribution >= 0.6 is 0 Å². The van der Waals surface area contributed by atoms with E-state index in [4.69, 9.17) is 10.1 Å². The Kier molecular flexibility index (Phi) is 5.23. The molecule has 4 aromatic carbocycles. The number of hydrogen-bond donors (Lipinski definition) is 0. The average Bonchev–Trinajstić information content (AvgIpc) is 3.53. The number of aromatic nitrogens is 4. The second-order valence-electron chi connectivity index (χ2n) is 11.8. The van der Waals surface area contributed by atoms with Crippen LogP contribution in [0, 0.1) is 13.8 Å². The Bertz CT molecular complexity index is 2150. The summed E-state index contributed by atoms with van der Waals surface area (Å²) in [6.45, 7) is 8.75. The molecule has 0 saturated carbocycles. The minimum absolute atomic E-state index is 0.143. The maximum Gasteiger partial charge on any atom is 0.141 e. The van der Waals surface area contributed by atoms with Crippen LogP contribution in [0.4, 0.5) is 17.1 Å². The molecule has 3 aromatic heterocycles. The largest absolute Gasteiger partial charge is 0.310 e. The molecule has 5 heteroatoms. The van der Waals surface area contributed by atoms with E-state index in [9.17, 15) is 0 Å². The molecular formula is C37H31N5. The van der Waals surface area contributed by atoms with E-state index in [-0.39, 0.29) is 5.41 Å². The van der Waals surface area contributed by atoms with Gasteiger partial charge in [0.25, 0.3) is 0 Å². The smallest absolute Gasteiger partial charge is 0.141 e. The Labute approximate surface area is 245 Å². The summed E-state index contributed by atoms with van der Waals surface area (Å²) in [5.41, 5.74) is 11.2. The van der Waals surface area contributed by atoms with E-state index in [1.165, 1.54) is 27.4 Å². The molecule has 4 heterocycles. The number of rotatable bonds is 4. The van der Waals surface area contributed by atoms with Crippen molar-refractivity contribution in [1.82, 2.24) is 19.3 Å². The van der Waals surface area contributed by atoms with Gasteiger partial charge in [0, 0.05) is 50.7 Å². The molecule has 1 aliphatic rings. The SMILES string of the molecule is Cc1cc(C)n(-c2cccc(N(c3ccccc3)c3ccc4c5cccc6c5n(c4c3)-c3ncccc3C6(C)C)c2)n1. The minimum Gasteiger partial charge on any atom is -0.310 e. The third kappa shape index (κ3) is 3.50. The van der Waals surface area contributed by atoms with Crippen molar-refractivity contribution >= 4 is 38.9 Å². The zero-order valence-electron chi connectivity index (χ0n) is 24.2. The predicted octanol–water partition coefficient (Wildman–Crippen LogP) is 9.09. The van der Waals surface area contributed by atoms with Gasteiger partial charge in [0.05, 0.1) is 22.4 Å². The van der Waals surface area contributed by atoms with Gasteiger partial charge >= 0.3 is 0 Å². The number of nitrogens with zero attached hydrogens (tertiary/aromatic N) is 5. The standard InChI is InChI=1S/C37H31N5/c1-24-21-25(2)42(39-24)29-14-8-13-27(22-29)40(26-11-6-5-7-12-26)28-18-19-30-31-15-9-16-32-35(31)41(34(30)23-28)36-33(37(32,3)4)17-10-20-38-36/h5-23H,1-4H3. The molecule has 0 aliphatic carbocycles. The molecule has 8 rings (SSSR count). The van der Waals surface area contributed by atoms with Crippen LogP contribution in [0.25, 0.3) is 33.3 Å². The first kappa shape index (κ1) is 24.6. The molecule has 0 amide bonds. The van der Waals surface area contributed by atoms with E-state index in [1.54, 1.807) is 0 Å². The molecule has 0 atom stereocenters. The van der Waals surface area contributed by atoms with Crippen LogP contribution in [0.3, 0.4) is 0 Å². The number of para-hydroxylation sites is 2. The Morgan fingerprint density at radius 1 is 0.667 bits per heavy atom. The van der Waals surface area contributed by atoms with E-state index in [0.29, 0.717) is 0 Å². The van der Waals surface area contributed by atoms with Gasteiger partial charge in [0.2, 0.25) is 0 Å². The number of aryl methyl sites for hydroxylation is 2. The van der Waals surface area contributed by atoms with Crippen LogP contribution in [-0.4, -0.2) is 19.3 Å². The van der Waals surface area contributed by atoms with Crippen molar-refractivity contribution in [2.24, 2.45) is 0 Å². The molecule has 7 aromatic rings. The summed E-state index contributed by atoms with van der Waals surface area (Å²) < 4.78 is 4.39. The Balaban J connectivity index is 1.39. The van der Waals surface area contributed by atoms with Gasteiger partial charge in [-0.05, 0) is 74.0 Å². The van der Waals surface area contributed by atoms with Gasteiger partial charge in [0.1, 0.15) is 5.82 Å². The number of pyridine rings is 1. The highest BCUT2D eigenvalue weighted by Gasteiger charge is 2.35. The molecule has 5 nitrogen and oxygen atoms in total. The van der Waals surface area contributed by atoms with Crippen molar-refractivity contribution in [3.8, 4) is 11.5 Å². The molecule has 0 saturated heterocycles. The number of anilines is 3. The van der Waals surface area contributed by atoms with Crippen molar-refractivity contribution in [2.75, 3.05) is 4.90 Å². The predicted molar refractivity (Wildman–Crippen MR) is 172 cm³/mol. The van der Waals surface area contributed by atoms with Gasteiger partial charge in [-0.2, -0.15) is 5.10 Å². The molecule has 0 N–H and O–H groups in total. The van der Waals surface area contributed by atoms with Crippen molar-refractivity contribution in [3.63, 3.8) is 0 Å². The first-order chi connectivity index (χ1) is 20.4. The summed E-state index contributed by atoms with van der Waals surface area (Å²) in [6.07, 6.45) is 1.91. The summed E-state index contributed by atoms with van der Waals surface area (Å²) in [6, 6.07) is 39.1. The average molecular weight is 546 g/mol. The molecule has 204 valence electrons. The van der Waals surface area contributed by atoms with Gasteiger partial charge in [-0.25, -0.2) is 9.67 Å². The normalized spacial score (nSPS) is 13.4. The maximum absolute atomic E-state index is 4.95. The summed E-state index contributed by atoms with van der Waals surface area (Å²) in [7, 11) is 0. The number of benzene rings is 4. The van der Waals surface area contributed by atoms with E-state index in [2.05, 4.69) is 139 Å². The summed E-state index contributed by atoms with van der Waals surface area (Å²) in [5, 5.41) is 7.24. The van der Waals surface area contributed by atoms with E-state index in [0.717, 1.165) is 45.5 Å². The van der Waals surface area contributed by atoms with Crippen molar-refractivity contribution < 1.29 is 0 Å². The minimum atomic E-state index is -0.143. The molecule has 0 radical (unpaired) electrons. The molecule has 0 unspecified atom stereocenters. The highest BCUT2D eigenvalue weighted by Crippen LogP contribution is 2.47. The first-order valence-electron chi connectivity index (χ1n) is 14.4. The lowest BCUT2D eigenvalue weighted by atomic mass is 9.76. The number of hydrogen-bond acceptors (Lipinski definition) is 3. The zero-order chi connectivity index (χ0) is 28.6. The summed E-state index contributed by atoms with van der Waals surface area (Å²) in [4.78, 5) is 7.27. The summed E-state index contributed by atoms with van der Waals surface area (Å²) >= 11 is 0. The van der Waals surface area contributed by atoms with Gasteiger partial charge in [-0.15, -0.1) is 0 Å². The monoisotopic (exact) mass is 545 g/mol. The molecule has 1 aliphatic heterocycles. The fourth-order valence-electron chi connectivity index (χ4n) is 6.80. The molecule has 0 spiro atoms. The molecule has 42 heavy (non-hydrogen) atoms. The van der Waals surface area contributed by atoms with Crippen LogP contribution in [-0.2, 0) is 5.41 Å². The maximum atomic E-state index is 4.95. The van der Waals surface area contributed by atoms with Crippen LogP contribution < -0.4 is 4.90 Å². The number of fused-ring (bicyclic) bond motifs is 5. The Morgan fingerprint density at radius 3 is 2.24 bits per heavy atom. The zero-order valence-corrected chi connectivity index (χ0v) is 24.2. The van der Waals surface area contributed by atoms with Gasteiger partial charge in [-0.1, -0.05) is 68.4 Å². The highest BCUT2D eigenvalue weighted by atomic mass is 15.3. The van der Waals surface area contributed by atoms with Gasteiger partial charge in [0.15, 0.2) is 0 Å². The van der Waals surface area contributed by atoms with Gasteiger partial charge < -0.3 is 4.90 Å². The van der Waals surface area contributed by atoms with Crippen LogP contribution in [0.5, 0.6) is 0 Å². The summed E-state index contributed by atoms with van der Waals surface area (Å²) in [5.74, 6) is 1.01. The first-order valence-corrected chi connectivity index (χ1v) is 14.4. The molecule has 0 bridgehead atoms. The fraction of sp³-hybridized carbons (Fsp3) is 0.135. The van der Waals surface area contributed by atoms with E-state index >= 15 is 0 Å². The molecule has 0 fully saturated rings. The van der Waals surface area contributed by atoms with Crippen LogP contribution in [0.1, 0.15) is 36.4 Å². The Morgan fingerprint density at radius 2 is 1.43 bits per heavy atom. The van der Waals surface area contributed by atoms with Crippen molar-refractivity contribution in [1.29, 1.82) is 0 Å². The van der Waals surface area contributed by atoms with E-state index in [1.807, 2.05) is 17.8 Å². The van der Waals surface area contributed by atoms with Crippen molar-refractivity contribution in [2.45, 2.75) is 33.1 Å². The second-order valence-corrected chi connectivity index (χ2v) is 11.8. The second kappa shape index (κ2) is 8.92. The van der Waals surface area contributed by atoms with Crippen LogP contribution in [0.15, 0.2) is 115 Å². The van der Waals surface area contributed by atoms with Crippen molar-refractivity contribution in [3.05, 3.63) is 138 Å². The lowest BCUT2D eigenvalue weighted by molar-refractivity contribution is 0.624. The lowest BCUT2D eigenvalue weighted by Gasteiger charge is -2.33. The fourth-order valence-corrected chi connectivity index (χ4v) is 6.80. The Hall–Kier alpha value is -5.16. The third-order valence-electron chi connectivity index (χ3n) is 8.73.